The van der Waals surface area contributed by atoms with Crippen LogP contribution in [0.3, 0.4) is 0 Å². The fourth-order valence-corrected chi connectivity index (χ4v) is 2.41. The quantitative estimate of drug-likeness (QED) is 0.743. The Bertz CT molecular complexity index is 386. The van der Waals surface area contributed by atoms with Crippen LogP contribution in [0.1, 0.15) is 56.3 Å². The molecule has 0 aromatic heterocycles. The van der Waals surface area contributed by atoms with Crippen molar-refractivity contribution in [3.8, 4) is 5.75 Å². The SMILES string of the molecule is CC(C)C(=O)c1ccc(OC2CCCCC2)cc1. The molecule has 18 heavy (non-hydrogen) atoms. The molecule has 1 fully saturated rings. The number of hydrogen-bond acceptors (Lipinski definition) is 2. The number of benzene rings is 1. The van der Waals surface area contributed by atoms with Crippen molar-refractivity contribution in [1.82, 2.24) is 0 Å². The summed E-state index contributed by atoms with van der Waals surface area (Å²) in [7, 11) is 0. The van der Waals surface area contributed by atoms with E-state index in [0.29, 0.717) is 6.10 Å². The Kier molecular flexibility index (Phi) is 4.40. The molecule has 0 radical (unpaired) electrons. The lowest BCUT2D eigenvalue weighted by Crippen LogP contribution is -2.19. The molecule has 1 aliphatic carbocycles. The number of rotatable bonds is 4. The average molecular weight is 246 g/mol. The highest BCUT2D eigenvalue weighted by Gasteiger charge is 2.15. The van der Waals surface area contributed by atoms with Gasteiger partial charge in [-0.3, -0.25) is 4.79 Å². The lowest BCUT2D eigenvalue weighted by molar-refractivity contribution is 0.0939. The molecule has 0 bridgehead atoms. The van der Waals surface area contributed by atoms with E-state index in [1.165, 1.54) is 19.3 Å². The third-order valence-electron chi connectivity index (χ3n) is 3.52. The van der Waals surface area contributed by atoms with E-state index in [1.54, 1.807) is 0 Å². The third kappa shape index (κ3) is 3.34. The van der Waals surface area contributed by atoms with Crippen molar-refractivity contribution in [3.05, 3.63) is 29.8 Å². The first-order chi connectivity index (χ1) is 8.66. The minimum atomic E-state index is 0.0510. The molecular weight excluding hydrogens is 224 g/mol. The van der Waals surface area contributed by atoms with E-state index < -0.39 is 0 Å². The molecule has 2 rings (SSSR count). The van der Waals surface area contributed by atoms with Gasteiger partial charge in [0.1, 0.15) is 5.75 Å². The molecule has 1 aliphatic rings. The second-order valence-corrected chi connectivity index (χ2v) is 5.42. The highest BCUT2D eigenvalue weighted by molar-refractivity contribution is 5.97. The molecule has 0 heterocycles. The molecule has 0 atom stereocenters. The van der Waals surface area contributed by atoms with E-state index in [0.717, 1.165) is 24.2 Å². The van der Waals surface area contributed by atoms with Gasteiger partial charge in [-0.25, -0.2) is 0 Å². The predicted molar refractivity (Wildman–Crippen MR) is 73.1 cm³/mol. The number of ketones is 1. The van der Waals surface area contributed by atoms with E-state index in [2.05, 4.69) is 0 Å². The summed E-state index contributed by atoms with van der Waals surface area (Å²) in [6.45, 7) is 3.85. The molecular formula is C16H22O2. The summed E-state index contributed by atoms with van der Waals surface area (Å²) >= 11 is 0. The van der Waals surface area contributed by atoms with Gasteiger partial charge in [-0.1, -0.05) is 20.3 Å². The van der Waals surface area contributed by atoms with Crippen LogP contribution in [0.2, 0.25) is 0 Å². The zero-order valence-corrected chi connectivity index (χ0v) is 11.3. The maximum Gasteiger partial charge on any atom is 0.165 e. The van der Waals surface area contributed by atoms with Crippen molar-refractivity contribution >= 4 is 5.78 Å². The average Bonchev–Trinajstić information content (AvgIpc) is 2.40. The van der Waals surface area contributed by atoms with Gasteiger partial charge in [-0.05, 0) is 49.9 Å². The Balaban J connectivity index is 1.96. The summed E-state index contributed by atoms with van der Waals surface area (Å²) < 4.78 is 5.94. The highest BCUT2D eigenvalue weighted by Crippen LogP contribution is 2.23. The van der Waals surface area contributed by atoms with E-state index in [9.17, 15) is 4.79 Å². The second kappa shape index (κ2) is 6.03. The van der Waals surface area contributed by atoms with E-state index in [-0.39, 0.29) is 11.7 Å². The molecule has 0 amide bonds. The van der Waals surface area contributed by atoms with E-state index in [4.69, 9.17) is 4.74 Å². The Labute approximate surface area is 109 Å². The Morgan fingerprint density at radius 3 is 2.28 bits per heavy atom. The monoisotopic (exact) mass is 246 g/mol. The summed E-state index contributed by atoms with van der Waals surface area (Å²) in [5.74, 6) is 1.14. The maximum atomic E-state index is 11.8. The van der Waals surface area contributed by atoms with Gasteiger partial charge in [0.15, 0.2) is 5.78 Å². The first kappa shape index (κ1) is 13.1. The van der Waals surface area contributed by atoms with E-state index in [1.807, 2.05) is 38.1 Å². The fourth-order valence-electron chi connectivity index (χ4n) is 2.41. The van der Waals surface area contributed by atoms with Crippen LogP contribution in [-0.2, 0) is 0 Å². The third-order valence-corrected chi connectivity index (χ3v) is 3.52. The standard InChI is InChI=1S/C16H22O2/c1-12(2)16(17)13-8-10-15(11-9-13)18-14-6-4-3-5-7-14/h8-12,14H,3-7H2,1-2H3. The van der Waals surface area contributed by atoms with Crippen LogP contribution in [-0.4, -0.2) is 11.9 Å². The normalized spacial score (nSPS) is 16.8. The van der Waals surface area contributed by atoms with Crippen molar-refractivity contribution in [2.45, 2.75) is 52.1 Å². The second-order valence-electron chi connectivity index (χ2n) is 5.42. The summed E-state index contributed by atoms with van der Waals surface area (Å²) in [6.07, 6.45) is 6.56. The topological polar surface area (TPSA) is 26.3 Å². The van der Waals surface area contributed by atoms with Crippen LogP contribution in [0.5, 0.6) is 5.75 Å². The van der Waals surface area contributed by atoms with Gasteiger partial charge < -0.3 is 4.74 Å². The summed E-state index contributed by atoms with van der Waals surface area (Å²) in [5, 5.41) is 0. The molecule has 2 heteroatoms. The van der Waals surface area contributed by atoms with Gasteiger partial charge in [-0.15, -0.1) is 0 Å². The smallest absolute Gasteiger partial charge is 0.165 e. The Hall–Kier alpha value is -1.31. The van der Waals surface area contributed by atoms with E-state index >= 15 is 0 Å². The molecule has 0 saturated heterocycles. The van der Waals surface area contributed by atoms with Crippen molar-refractivity contribution in [3.63, 3.8) is 0 Å². The predicted octanol–water partition coefficient (Wildman–Crippen LogP) is 4.24. The summed E-state index contributed by atoms with van der Waals surface area (Å²) in [6, 6.07) is 7.59. The molecule has 0 aliphatic heterocycles. The molecule has 2 nitrogen and oxygen atoms in total. The van der Waals surface area contributed by atoms with Gasteiger partial charge in [0.2, 0.25) is 0 Å². The molecule has 0 spiro atoms. The van der Waals surface area contributed by atoms with Gasteiger partial charge in [0.25, 0.3) is 0 Å². The Morgan fingerprint density at radius 1 is 1.11 bits per heavy atom. The lowest BCUT2D eigenvalue weighted by Gasteiger charge is -2.23. The zero-order valence-electron chi connectivity index (χ0n) is 11.3. The largest absolute Gasteiger partial charge is 0.490 e. The maximum absolute atomic E-state index is 11.8. The number of carbonyl (C=O) groups excluding carboxylic acids is 1. The molecule has 98 valence electrons. The number of carbonyl (C=O) groups is 1. The molecule has 0 N–H and O–H groups in total. The van der Waals surface area contributed by atoms with Crippen molar-refractivity contribution in [2.75, 3.05) is 0 Å². The van der Waals surface area contributed by atoms with Gasteiger partial charge >= 0.3 is 0 Å². The Morgan fingerprint density at radius 2 is 1.72 bits per heavy atom. The molecule has 1 aromatic carbocycles. The van der Waals surface area contributed by atoms with Crippen LogP contribution < -0.4 is 4.74 Å². The molecule has 1 saturated carbocycles. The van der Waals surface area contributed by atoms with Gasteiger partial charge in [0.05, 0.1) is 6.10 Å². The molecule has 0 unspecified atom stereocenters. The summed E-state index contributed by atoms with van der Waals surface area (Å²) in [5.41, 5.74) is 0.779. The minimum absolute atomic E-state index is 0.0510. The molecule has 1 aromatic rings. The lowest BCUT2D eigenvalue weighted by atomic mass is 9.97. The number of hydrogen-bond donors (Lipinski definition) is 0. The van der Waals surface area contributed by atoms with Gasteiger partial charge in [0, 0.05) is 11.5 Å². The van der Waals surface area contributed by atoms with Crippen LogP contribution in [0.4, 0.5) is 0 Å². The minimum Gasteiger partial charge on any atom is -0.490 e. The first-order valence-corrected chi connectivity index (χ1v) is 6.98. The van der Waals surface area contributed by atoms with Crippen LogP contribution in [0.15, 0.2) is 24.3 Å². The van der Waals surface area contributed by atoms with Gasteiger partial charge in [-0.2, -0.15) is 0 Å². The first-order valence-electron chi connectivity index (χ1n) is 6.98. The zero-order chi connectivity index (χ0) is 13.0. The summed E-state index contributed by atoms with van der Waals surface area (Å²) in [4.78, 5) is 11.8. The van der Waals surface area contributed by atoms with Crippen LogP contribution in [0, 0.1) is 5.92 Å². The van der Waals surface area contributed by atoms with Crippen molar-refractivity contribution in [1.29, 1.82) is 0 Å². The number of ether oxygens (including phenoxy) is 1. The highest BCUT2D eigenvalue weighted by atomic mass is 16.5. The van der Waals surface area contributed by atoms with Crippen molar-refractivity contribution in [2.24, 2.45) is 5.92 Å². The number of Topliss-reactive ketones (excluding diaryl/α,β-unsaturated/α-hetero) is 1. The van der Waals surface area contributed by atoms with Crippen LogP contribution in [0.25, 0.3) is 0 Å². The fraction of sp³-hybridized carbons (Fsp3) is 0.562. The van der Waals surface area contributed by atoms with Crippen LogP contribution >= 0.6 is 0 Å². The van der Waals surface area contributed by atoms with Crippen molar-refractivity contribution < 1.29 is 9.53 Å².